The minimum absolute atomic E-state index is 0.00546. The van der Waals surface area contributed by atoms with Crippen molar-refractivity contribution in [2.45, 2.75) is 76.7 Å². The highest BCUT2D eigenvalue weighted by Gasteiger charge is 2.45. The first-order chi connectivity index (χ1) is 27.8. The smallest absolute Gasteiger partial charge is 0.320 e. The van der Waals surface area contributed by atoms with Crippen LogP contribution >= 0.6 is 0 Å². The predicted molar refractivity (Wildman–Crippen MR) is 215 cm³/mol. The summed E-state index contributed by atoms with van der Waals surface area (Å²) in [6.07, 6.45) is 2.65. The Morgan fingerprint density at radius 2 is 1.78 bits per heavy atom. The van der Waals surface area contributed by atoms with Gasteiger partial charge in [0.15, 0.2) is 17.4 Å². The number of amides is 5. The van der Waals surface area contributed by atoms with Crippen molar-refractivity contribution < 1.29 is 28.7 Å². The molecule has 58 heavy (non-hydrogen) atoms. The Morgan fingerprint density at radius 1 is 0.966 bits per heavy atom. The van der Waals surface area contributed by atoms with E-state index >= 15 is 0 Å². The third kappa shape index (κ3) is 6.84. The van der Waals surface area contributed by atoms with Crippen LogP contribution in [0, 0.1) is 11.7 Å². The maximum atomic E-state index is 14.3. The molecule has 2 aromatic carbocycles. The second kappa shape index (κ2) is 14.7. The van der Waals surface area contributed by atoms with Crippen LogP contribution in [0.4, 0.5) is 26.4 Å². The fourth-order valence-electron chi connectivity index (χ4n) is 9.97. The Hall–Kier alpha value is -5.51. The van der Waals surface area contributed by atoms with Crippen LogP contribution in [-0.2, 0) is 16.1 Å². The number of hydrogen-bond donors (Lipinski definition) is 3. The third-order valence-electron chi connectivity index (χ3n) is 13.2. The Labute approximate surface area is 337 Å². The van der Waals surface area contributed by atoms with Gasteiger partial charge in [0.2, 0.25) is 11.8 Å². The molecule has 7 heterocycles. The van der Waals surface area contributed by atoms with Crippen molar-refractivity contribution in [2.75, 3.05) is 74.0 Å². The van der Waals surface area contributed by atoms with Gasteiger partial charge in [0.1, 0.15) is 6.04 Å². The lowest BCUT2D eigenvalue weighted by Gasteiger charge is -2.53. The molecule has 3 N–H and O–H groups in total. The van der Waals surface area contributed by atoms with Gasteiger partial charge >= 0.3 is 6.03 Å². The van der Waals surface area contributed by atoms with Crippen LogP contribution in [0.15, 0.2) is 42.5 Å². The molecule has 4 fully saturated rings. The van der Waals surface area contributed by atoms with E-state index in [4.69, 9.17) is 0 Å². The molecule has 6 aliphatic rings. The Morgan fingerprint density at radius 3 is 2.55 bits per heavy atom. The number of nitrogens with zero attached hydrogens (tertiary/aromatic N) is 8. The summed E-state index contributed by atoms with van der Waals surface area (Å²) in [7, 11) is 0. The highest BCUT2D eigenvalue weighted by atomic mass is 19.1. The Balaban J connectivity index is 0.784. The maximum Gasteiger partial charge on any atom is 0.320 e. The fourth-order valence-corrected chi connectivity index (χ4v) is 9.97. The van der Waals surface area contributed by atoms with Gasteiger partial charge in [-0.25, -0.2) is 9.18 Å². The number of phenolic OH excluding ortho intramolecular Hbond substituents is 1. The molecule has 0 bridgehead atoms. The van der Waals surface area contributed by atoms with Gasteiger partial charge in [-0.05, 0) is 81.8 Å². The second-order valence-corrected chi connectivity index (χ2v) is 17.4. The number of piperidine rings is 2. The number of urea groups is 1. The lowest BCUT2D eigenvalue weighted by molar-refractivity contribution is -0.136. The third-order valence-corrected chi connectivity index (χ3v) is 13.2. The van der Waals surface area contributed by atoms with Crippen LogP contribution in [0.3, 0.4) is 0 Å². The van der Waals surface area contributed by atoms with E-state index in [-0.39, 0.29) is 47.5 Å². The number of fused-ring (bicyclic) bond motifs is 4. The van der Waals surface area contributed by atoms with E-state index in [9.17, 15) is 28.7 Å². The molecule has 3 aromatic rings. The first-order valence-electron chi connectivity index (χ1n) is 20.5. The molecule has 0 aliphatic carbocycles. The molecular weight excluding hydrogens is 744 g/mol. The monoisotopic (exact) mass is 794 g/mol. The van der Waals surface area contributed by atoms with Crippen molar-refractivity contribution >= 4 is 40.9 Å². The number of carbonyl (C=O) groups is 4. The molecule has 5 amide bonds. The first-order valence-corrected chi connectivity index (χ1v) is 20.5. The standard InChI is InChI=1S/C42H51FN10O5/c1-25-20-51-29(19-44-38-35(51)18-33(46-47-38)30-5-4-6-32(43)37(30)55)23-50(25)41(58)53-16-15-48(24-42(53,2)3)21-26-11-13-49(14-12-26)28-8-7-27-22-52(40(57)31(27)17-28)34-9-10-36(54)45-39(34)56/h4-8,17-18,25-26,29,34,55H,9-16,19-24H2,1-3H3,(H,44,47)(H,45,54,56)/t25-,29-,34?/m0/s1. The lowest BCUT2D eigenvalue weighted by atomic mass is 9.93. The van der Waals surface area contributed by atoms with E-state index in [1.54, 1.807) is 11.0 Å². The minimum atomic E-state index is -0.713. The largest absolute Gasteiger partial charge is 0.504 e. The number of benzene rings is 2. The number of anilines is 3. The zero-order valence-corrected chi connectivity index (χ0v) is 33.3. The SMILES string of the molecule is C[C@H]1CN2c3cc(-c4cccc(F)c4O)nnc3NC[C@H]2CN1C(=O)N1CCN(CC2CCN(c3ccc4c(c3)C(=O)N(C3CCC(=O)NC3=O)C4)CC2)CC1(C)C. The average molecular weight is 795 g/mol. The summed E-state index contributed by atoms with van der Waals surface area (Å²) in [5.74, 6) is -0.844. The molecule has 6 aliphatic heterocycles. The number of rotatable bonds is 5. The van der Waals surface area contributed by atoms with E-state index in [1.807, 2.05) is 23.1 Å². The van der Waals surface area contributed by atoms with Gasteiger partial charge in [-0.3, -0.25) is 24.6 Å². The molecule has 4 saturated heterocycles. The topological polar surface area (TPSA) is 158 Å². The second-order valence-electron chi connectivity index (χ2n) is 17.4. The number of aromatic hydroxyl groups is 1. The molecule has 1 unspecified atom stereocenters. The van der Waals surface area contributed by atoms with Crippen molar-refractivity contribution in [3.05, 3.63) is 59.4 Å². The van der Waals surface area contributed by atoms with E-state index < -0.39 is 23.5 Å². The average Bonchev–Trinajstić information content (AvgIpc) is 3.53. The number of phenols is 1. The van der Waals surface area contributed by atoms with Crippen molar-refractivity contribution in [3.63, 3.8) is 0 Å². The fraction of sp³-hybridized carbons (Fsp3) is 0.524. The summed E-state index contributed by atoms with van der Waals surface area (Å²) >= 11 is 0. The van der Waals surface area contributed by atoms with Crippen molar-refractivity contribution in [3.8, 4) is 17.0 Å². The summed E-state index contributed by atoms with van der Waals surface area (Å²) in [6.45, 7) is 13.5. The maximum absolute atomic E-state index is 14.3. The van der Waals surface area contributed by atoms with Gasteiger partial charge in [0.25, 0.3) is 5.91 Å². The summed E-state index contributed by atoms with van der Waals surface area (Å²) in [5, 5.41) is 24.7. The molecule has 16 heteroatoms. The van der Waals surface area contributed by atoms with Crippen LogP contribution in [0.2, 0.25) is 0 Å². The quantitative estimate of drug-likeness (QED) is 0.325. The van der Waals surface area contributed by atoms with Crippen LogP contribution in [0.1, 0.15) is 62.4 Å². The normalized spacial score (nSPS) is 24.9. The molecule has 3 atom stereocenters. The van der Waals surface area contributed by atoms with Crippen molar-refractivity contribution in [2.24, 2.45) is 5.92 Å². The van der Waals surface area contributed by atoms with Crippen molar-refractivity contribution in [1.29, 1.82) is 0 Å². The summed E-state index contributed by atoms with van der Waals surface area (Å²) in [4.78, 5) is 64.7. The van der Waals surface area contributed by atoms with E-state index in [1.165, 1.54) is 12.1 Å². The minimum Gasteiger partial charge on any atom is -0.504 e. The number of para-hydroxylation sites is 1. The van der Waals surface area contributed by atoms with E-state index in [0.29, 0.717) is 62.1 Å². The molecule has 0 radical (unpaired) electrons. The number of carbonyl (C=O) groups excluding carboxylic acids is 4. The van der Waals surface area contributed by atoms with Gasteiger partial charge in [-0.1, -0.05) is 12.1 Å². The molecular formula is C42H51FN10O5. The molecule has 15 nitrogen and oxygen atoms in total. The molecule has 306 valence electrons. The highest BCUT2D eigenvalue weighted by Crippen LogP contribution is 2.39. The number of halogens is 1. The highest BCUT2D eigenvalue weighted by molar-refractivity contribution is 6.05. The first kappa shape index (κ1) is 38.0. The molecule has 9 rings (SSSR count). The zero-order valence-electron chi connectivity index (χ0n) is 33.3. The van der Waals surface area contributed by atoms with E-state index in [0.717, 1.165) is 62.5 Å². The van der Waals surface area contributed by atoms with Crippen LogP contribution in [0.5, 0.6) is 5.75 Å². The van der Waals surface area contributed by atoms with Gasteiger partial charge < -0.3 is 34.9 Å². The molecule has 0 saturated carbocycles. The van der Waals surface area contributed by atoms with Gasteiger partial charge in [-0.15, -0.1) is 10.2 Å². The number of hydrogen-bond acceptors (Lipinski definition) is 11. The zero-order chi connectivity index (χ0) is 40.5. The number of piperazine rings is 2. The van der Waals surface area contributed by atoms with Crippen LogP contribution in [-0.4, -0.2) is 141 Å². The van der Waals surface area contributed by atoms with Crippen LogP contribution in [0.25, 0.3) is 11.3 Å². The lowest BCUT2D eigenvalue weighted by Crippen LogP contribution is -2.68. The molecule has 0 spiro atoms. The Kier molecular flexibility index (Phi) is 9.64. The summed E-state index contributed by atoms with van der Waals surface area (Å²) in [5.41, 5.74) is 3.70. The van der Waals surface area contributed by atoms with Crippen molar-refractivity contribution in [1.82, 2.24) is 35.1 Å². The van der Waals surface area contributed by atoms with Gasteiger partial charge in [0.05, 0.1) is 23.0 Å². The molecule has 1 aromatic heterocycles. The summed E-state index contributed by atoms with van der Waals surface area (Å²) < 4.78 is 14.2. The predicted octanol–water partition coefficient (Wildman–Crippen LogP) is 3.49. The van der Waals surface area contributed by atoms with Gasteiger partial charge in [-0.2, -0.15) is 0 Å². The van der Waals surface area contributed by atoms with Gasteiger partial charge in [0, 0.05) is 94.7 Å². The van der Waals surface area contributed by atoms with E-state index in [2.05, 4.69) is 67.3 Å². The number of aromatic nitrogens is 2. The number of nitrogens with one attached hydrogen (secondary N) is 2. The van der Waals surface area contributed by atoms with Crippen LogP contribution < -0.4 is 20.4 Å². The summed E-state index contributed by atoms with van der Waals surface area (Å²) in [6, 6.07) is 11.6. The number of imide groups is 1. The Bertz CT molecular complexity index is 2160.